The molecule has 142 valence electrons. The van der Waals surface area contributed by atoms with Gasteiger partial charge in [-0.1, -0.05) is 0 Å². The summed E-state index contributed by atoms with van der Waals surface area (Å²) in [5.41, 5.74) is 0.620. The number of alkyl halides is 3. The maximum atomic E-state index is 13.0. The van der Waals surface area contributed by atoms with Crippen molar-refractivity contribution in [3.8, 4) is 11.3 Å². The van der Waals surface area contributed by atoms with Crippen LogP contribution in [0.25, 0.3) is 11.3 Å². The SMILES string of the molecule is Cc1c(Br)c(C(F)(F)F)nn1C(C)C(=O)Nc1cc(-c2ccncc2)[nH]n1. The standard InChI is InChI=1S/C16H14BrF3N6O/c1-8-13(17)14(16(18,19)20)25-26(8)9(2)15(27)22-12-7-11(23-24-12)10-3-5-21-6-4-10/h3-7,9H,1-2H3,(H2,22,23,24,27). The summed E-state index contributed by atoms with van der Waals surface area (Å²) >= 11 is 2.89. The van der Waals surface area contributed by atoms with Crippen LogP contribution in [0.1, 0.15) is 24.4 Å². The molecule has 0 aliphatic carbocycles. The first kappa shape index (κ1) is 19.1. The van der Waals surface area contributed by atoms with Crippen molar-refractivity contribution in [3.63, 3.8) is 0 Å². The molecule has 27 heavy (non-hydrogen) atoms. The Morgan fingerprint density at radius 1 is 1.33 bits per heavy atom. The molecule has 2 N–H and O–H groups in total. The zero-order chi connectivity index (χ0) is 19.8. The van der Waals surface area contributed by atoms with Gasteiger partial charge in [-0.25, -0.2) is 0 Å². The number of hydrogen-bond acceptors (Lipinski definition) is 4. The lowest BCUT2D eigenvalue weighted by molar-refractivity contribution is -0.142. The van der Waals surface area contributed by atoms with Gasteiger partial charge < -0.3 is 5.32 Å². The Morgan fingerprint density at radius 3 is 2.59 bits per heavy atom. The third kappa shape index (κ3) is 3.87. The van der Waals surface area contributed by atoms with Crippen molar-refractivity contribution in [3.05, 3.63) is 46.5 Å². The highest BCUT2D eigenvalue weighted by Crippen LogP contribution is 2.36. The summed E-state index contributed by atoms with van der Waals surface area (Å²) in [6.07, 6.45) is -1.38. The minimum absolute atomic E-state index is 0.186. The second-order valence-electron chi connectivity index (χ2n) is 5.76. The van der Waals surface area contributed by atoms with Crippen molar-refractivity contribution in [1.29, 1.82) is 0 Å². The van der Waals surface area contributed by atoms with E-state index in [0.717, 1.165) is 10.2 Å². The van der Waals surface area contributed by atoms with E-state index in [4.69, 9.17) is 0 Å². The molecule has 0 fully saturated rings. The van der Waals surface area contributed by atoms with Crippen molar-refractivity contribution >= 4 is 27.7 Å². The van der Waals surface area contributed by atoms with Crippen LogP contribution in [0, 0.1) is 6.92 Å². The lowest BCUT2D eigenvalue weighted by Crippen LogP contribution is -2.25. The zero-order valence-electron chi connectivity index (χ0n) is 14.2. The molecule has 0 aromatic carbocycles. The highest BCUT2D eigenvalue weighted by atomic mass is 79.9. The largest absolute Gasteiger partial charge is 0.436 e. The molecular weight excluding hydrogens is 429 g/mol. The summed E-state index contributed by atoms with van der Waals surface area (Å²) in [4.78, 5) is 16.4. The van der Waals surface area contributed by atoms with E-state index in [-0.39, 0.29) is 16.0 Å². The molecule has 1 atom stereocenters. The van der Waals surface area contributed by atoms with Gasteiger partial charge in [0.15, 0.2) is 11.5 Å². The molecule has 1 unspecified atom stereocenters. The number of H-pyrrole nitrogens is 1. The number of halogens is 4. The highest BCUT2D eigenvalue weighted by Gasteiger charge is 2.39. The van der Waals surface area contributed by atoms with Crippen LogP contribution < -0.4 is 5.32 Å². The first-order valence-electron chi connectivity index (χ1n) is 7.77. The van der Waals surface area contributed by atoms with E-state index in [1.807, 2.05) is 0 Å². The average Bonchev–Trinajstić information content (AvgIpc) is 3.20. The number of carbonyl (C=O) groups excluding carboxylic acids is 1. The molecule has 11 heteroatoms. The molecule has 0 spiro atoms. The third-order valence-electron chi connectivity index (χ3n) is 3.91. The van der Waals surface area contributed by atoms with Crippen molar-refractivity contribution < 1.29 is 18.0 Å². The smallest absolute Gasteiger partial charge is 0.307 e. The maximum absolute atomic E-state index is 13.0. The lowest BCUT2D eigenvalue weighted by atomic mass is 10.2. The predicted molar refractivity (Wildman–Crippen MR) is 94.8 cm³/mol. The van der Waals surface area contributed by atoms with Gasteiger partial charge in [-0.3, -0.25) is 19.6 Å². The van der Waals surface area contributed by atoms with Crippen LogP contribution in [0.15, 0.2) is 35.1 Å². The Labute approximate surface area is 160 Å². The van der Waals surface area contributed by atoms with Gasteiger partial charge in [-0.05, 0) is 41.9 Å². The fourth-order valence-electron chi connectivity index (χ4n) is 2.46. The summed E-state index contributed by atoms with van der Waals surface area (Å²) in [6, 6.07) is 4.18. The normalized spacial score (nSPS) is 12.8. The summed E-state index contributed by atoms with van der Waals surface area (Å²) < 4.78 is 39.8. The summed E-state index contributed by atoms with van der Waals surface area (Å²) in [5.74, 6) is -0.298. The lowest BCUT2D eigenvalue weighted by Gasteiger charge is -2.13. The fraction of sp³-hybridized carbons (Fsp3) is 0.250. The van der Waals surface area contributed by atoms with E-state index in [9.17, 15) is 18.0 Å². The van der Waals surface area contributed by atoms with E-state index in [1.54, 1.807) is 30.6 Å². The molecule has 0 saturated heterocycles. The molecule has 7 nitrogen and oxygen atoms in total. The number of nitrogens with one attached hydrogen (secondary N) is 2. The van der Waals surface area contributed by atoms with Crippen molar-refractivity contribution in [2.75, 3.05) is 5.32 Å². The number of aromatic nitrogens is 5. The van der Waals surface area contributed by atoms with Crippen LogP contribution in [0.3, 0.4) is 0 Å². The molecular formula is C16H14BrF3N6O. The molecule has 0 bridgehead atoms. The number of aromatic amines is 1. The fourth-order valence-corrected chi connectivity index (χ4v) is 2.95. The average molecular weight is 443 g/mol. The van der Waals surface area contributed by atoms with Crippen molar-refractivity contribution in [2.24, 2.45) is 0 Å². The van der Waals surface area contributed by atoms with Gasteiger partial charge in [0.25, 0.3) is 0 Å². The quantitative estimate of drug-likeness (QED) is 0.639. The van der Waals surface area contributed by atoms with Gasteiger partial charge in [0.05, 0.1) is 15.9 Å². The molecule has 0 aliphatic heterocycles. The number of nitrogens with zero attached hydrogens (tertiary/aromatic N) is 4. The van der Waals surface area contributed by atoms with Gasteiger partial charge in [-0.15, -0.1) is 0 Å². The second-order valence-corrected chi connectivity index (χ2v) is 6.55. The summed E-state index contributed by atoms with van der Waals surface area (Å²) in [5, 5.41) is 12.9. The van der Waals surface area contributed by atoms with Gasteiger partial charge in [0, 0.05) is 24.0 Å². The molecule has 3 aromatic rings. The van der Waals surface area contributed by atoms with Gasteiger partial charge in [-0.2, -0.15) is 23.4 Å². The number of pyridine rings is 1. The first-order valence-corrected chi connectivity index (χ1v) is 8.56. The van der Waals surface area contributed by atoms with Crippen LogP contribution in [0.2, 0.25) is 0 Å². The zero-order valence-corrected chi connectivity index (χ0v) is 15.8. The van der Waals surface area contributed by atoms with Crippen molar-refractivity contribution in [1.82, 2.24) is 25.0 Å². The van der Waals surface area contributed by atoms with Crippen LogP contribution in [-0.2, 0) is 11.0 Å². The van der Waals surface area contributed by atoms with Crippen LogP contribution in [0.5, 0.6) is 0 Å². The maximum Gasteiger partial charge on any atom is 0.436 e. The molecule has 3 rings (SSSR count). The van der Waals surface area contributed by atoms with Crippen LogP contribution in [0.4, 0.5) is 19.0 Å². The molecule has 0 saturated carbocycles. The number of anilines is 1. The number of amides is 1. The van der Waals surface area contributed by atoms with Crippen molar-refractivity contribution in [2.45, 2.75) is 26.1 Å². The first-order chi connectivity index (χ1) is 12.7. The summed E-state index contributed by atoms with van der Waals surface area (Å²) in [6.45, 7) is 2.91. The molecule has 0 aliphatic rings. The minimum Gasteiger partial charge on any atom is -0.307 e. The monoisotopic (exact) mass is 442 g/mol. The molecule has 0 radical (unpaired) electrons. The van der Waals surface area contributed by atoms with E-state index >= 15 is 0 Å². The van der Waals surface area contributed by atoms with Gasteiger partial charge in [0.1, 0.15) is 6.04 Å². The van der Waals surface area contributed by atoms with Gasteiger partial charge >= 0.3 is 6.18 Å². The minimum atomic E-state index is -4.62. The molecule has 1 amide bonds. The van der Waals surface area contributed by atoms with Crippen LogP contribution >= 0.6 is 15.9 Å². The van der Waals surface area contributed by atoms with E-state index in [2.05, 4.69) is 41.5 Å². The van der Waals surface area contributed by atoms with E-state index < -0.39 is 23.8 Å². The Kier molecular flexibility index (Phi) is 5.05. The Hall–Kier alpha value is -2.69. The number of rotatable bonds is 4. The third-order valence-corrected chi connectivity index (χ3v) is 4.86. The second kappa shape index (κ2) is 7.14. The van der Waals surface area contributed by atoms with Gasteiger partial charge in [0.2, 0.25) is 5.91 Å². The molecule has 3 heterocycles. The number of hydrogen-bond donors (Lipinski definition) is 2. The Morgan fingerprint density at radius 2 is 2.00 bits per heavy atom. The Bertz CT molecular complexity index is 966. The van der Waals surface area contributed by atoms with E-state index in [1.165, 1.54) is 13.8 Å². The highest BCUT2D eigenvalue weighted by molar-refractivity contribution is 9.10. The Balaban J connectivity index is 1.78. The topological polar surface area (TPSA) is 88.5 Å². The summed E-state index contributed by atoms with van der Waals surface area (Å²) in [7, 11) is 0. The molecule has 3 aromatic heterocycles. The number of carbonyl (C=O) groups is 1. The van der Waals surface area contributed by atoms with E-state index in [0.29, 0.717) is 5.69 Å². The van der Waals surface area contributed by atoms with Crippen LogP contribution in [-0.4, -0.2) is 30.9 Å². The predicted octanol–water partition coefficient (Wildman–Crippen LogP) is 3.96.